The summed E-state index contributed by atoms with van der Waals surface area (Å²) in [5.41, 5.74) is 0. The molecule has 4 aliphatic rings. The van der Waals surface area contributed by atoms with Gasteiger partial charge in [-0.05, 0) is 55.4 Å². The van der Waals surface area contributed by atoms with Crippen molar-refractivity contribution in [2.45, 2.75) is 131 Å². The molecule has 58 heavy (non-hydrogen) atoms. The van der Waals surface area contributed by atoms with Crippen LogP contribution in [0.1, 0.15) is 107 Å². The van der Waals surface area contributed by atoms with Crippen LogP contribution in [0.5, 0.6) is 0 Å². The van der Waals surface area contributed by atoms with Crippen molar-refractivity contribution in [2.75, 3.05) is 26.2 Å². The fourth-order valence-corrected chi connectivity index (χ4v) is 4.86. The molecule has 0 radical (unpaired) electrons. The van der Waals surface area contributed by atoms with Gasteiger partial charge in [-0.1, -0.05) is 0 Å². The van der Waals surface area contributed by atoms with Crippen molar-refractivity contribution in [3.8, 4) is 0 Å². The summed E-state index contributed by atoms with van der Waals surface area (Å²) in [4.78, 5) is 33.0. The quantitative estimate of drug-likeness (QED) is 0.174. The molecular weight excluding hydrogens is 1240 g/mol. The van der Waals surface area contributed by atoms with Gasteiger partial charge in [0.1, 0.15) is 73.9 Å². The first kappa shape index (κ1) is 78.9. The van der Waals surface area contributed by atoms with Crippen LogP contribution in [-0.2, 0) is 21.9 Å². The fourth-order valence-electron chi connectivity index (χ4n) is 4.86. The van der Waals surface area contributed by atoms with E-state index in [0.717, 1.165) is 77.5 Å². The maximum Gasteiger partial charge on any atom is 0.146 e. The fraction of sp³-hybridized carbons (Fsp3) is 0.857. The van der Waals surface area contributed by atoms with Crippen molar-refractivity contribution in [3.05, 3.63) is 61.3 Å². The molecular formula is C28H52N8O20U2-12. The molecule has 4 aliphatic heterocycles. The van der Waals surface area contributed by atoms with E-state index in [1.165, 1.54) is 0 Å². The van der Waals surface area contributed by atoms with Crippen LogP contribution in [0.4, 0.5) is 0 Å². The smallest absolute Gasteiger partial charge is 0.146 e. The summed E-state index contributed by atoms with van der Waals surface area (Å²) in [6.45, 7) is 20.3. The Kier molecular flexibility index (Phi) is 63.0. The molecule has 30 heteroatoms. The van der Waals surface area contributed by atoms with Crippen LogP contribution in [0.3, 0.4) is 0 Å². The van der Waals surface area contributed by atoms with Gasteiger partial charge in [0.15, 0.2) is 0 Å². The van der Waals surface area contributed by atoms with Gasteiger partial charge >= 0.3 is 0 Å². The van der Waals surface area contributed by atoms with E-state index in [2.05, 4.69) is 55.4 Å². The van der Waals surface area contributed by atoms with Gasteiger partial charge in [-0.25, -0.2) is 18.3 Å². The largest absolute Gasteiger partial charge is 2.00 e. The van der Waals surface area contributed by atoms with Crippen molar-refractivity contribution in [1.29, 1.82) is 0 Å². The van der Waals surface area contributed by atoms with Crippen molar-refractivity contribution < 1.29 is 143 Å². The Morgan fingerprint density at radius 3 is 0.500 bits per heavy atom. The molecule has 0 unspecified atom stereocenters. The average Bonchev–Trinajstić information content (AvgIpc) is 3.77. The minimum Gasteiger partial charge on any atom is -2.00 e. The summed E-state index contributed by atoms with van der Waals surface area (Å²) in [7, 11) is 0. The predicted octanol–water partition coefficient (Wildman–Crippen LogP) is -1.59. The minimum absolute atomic E-state index is 0. The summed E-state index contributed by atoms with van der Waals surface area (Å²) < 4.78 is 7.72. The second-order valence-electron chi connectivity index (χ2n) is 12.0. The number of nitrogens with zero attached hydrogens (tertiary/aromatic N) is 8. The maximum atomic E-state index is 10.9. The molecule has 0 N–H and O–H groups in total. The molecule has 0 saturated heterocycles. The van der Waals surface area contributed by atoms with Gasteiger partial charge in [0.25, 0.3) is 0 Å². The number of rotatable bonds is 4. The Balaban J connectivity index is -0.0000000574. The Hall–Kier alpha value is -3.38. The molecule has 0 aromatic rings. The van der Waals surface area contributed by atoms with E-state index in [1.54, 1.807) is 0 Å². The Morgan fingerprint density at radius 1 is 0.362 bits per heavy atom. The summed E-state index contributed by atoms with van der Waals surface area (Å²) in [6.07, 6.45) is 7.26. The molecule has 4 rings (SSSR count). The van der Waals surface area contributed by atoms with E-state index < -0.39 is 20.3 Å². The topological polar surface area (TPSA) is 483 Å². The zero-order valence-electron chi connectivity index (χ0n) is 33.5. The first-order chi connectivity index (χ1) is 23.8. The molecule has 0 atom stereocenters. The van der Waals surface area contributed by atoms with Crippen molar-refractivity contribution >= 4 is 23.6 Å². The molecule has 28 nitrogen and oxygen atoms in total. The third kappa shape index (κ3) is 50.6. The van der Waals surface area contributed by atoms with Crippen molar-refractivity contribution in [1.82, 2.24) is 0 Å². The molecule has 0 spiro atoms. The number of hydrogen-bond donors (Lipinski definition) is 0. The summed E-state index contributed by atoms with van der Waals surface area (Å²) in [5.74, 6) is 1.30. The third-order valence-corrected chi connectivity index (χ3v) is 6.93. The summed E-state index contributed by atoms with van der Waals surface area (Å²) >= 11 is 0. The molecule has 0 fully saturated rings. The van der Waals surface area contributed by atoms with Gasteiger partial charge in [0.05, 0.1) is 20.3 Å². The van der Waals surface area contributed by atoms with Crippen LogP contribution in [-0.4, -0.2) is 113 Å². The summed E-state index contributed by atoms with van der Waals surface area (Å²) in [5, 5.41) is 103. The van der Waals surface area contributed by atoms with Crippen molar-refractivity contribution in [2.24, 2.45) is 0 Å². The van der Waals surface area contributed by atoms with Crippen LogP contribution in [0.25, 0.3) is 0 Å². The van der Waals surface area contributed by atoms with Gasteiger partial charge in [-0.3, -0.25) is 0 Å². The molecule has 0 aromatic carbocycles. The molecule has 0 aliphatic carbocycles. The first-order valence-electron chi connectivity index (χ1n) is 16.2. The van der Waals surface area contributed by atoms with Gasteiger partial charge in [0.2, 0.25) is 0 Å². The zero-order valence-corrected chi connectivity index (χ0v) is 41.9. The van der Waals surface area contributed by atoms with Crippen LogP contribution in [0, 0.1) is 124 Å². The van der Waals surface area contributed by atoms with Gasteiger partial charge in [-0.2, -0.15) is 0 Å². The molecule has 344 valence electrons. The van der Waals surface area contributed by atoms with Gasteiger partial charge in [-0.15, -0.1) is 0 Å². The Labute approximate surface area is 382 Å². The molecule has 0 bridgehead atoms. The van der Waals surface area contributed by atoms with Crippen molar-refractivity contribution in [3.63, 3.8) is 0 Å². The van der Waals surface area contributed by atoms with Crippen LogP contribution in [0.15, 0.2) is 0 Å². The van der Waals surface area contributed by atoms with E-state index in [9.17, 15) is 20.4 Å². The van der Waals surface area contributed by atoms with E-state index >= 15 is 0 Å². The third-order valence-electron chi connectivity index (χ3n) is 6.93. The van der Waals surface area contributed by atoms with Gasteiger partial charge < -0.3 is 104 Å². The zero-order chi connectivity index (χ0) is 41.7. The SMILES string of the molecule is CC(C)[N+]1=C([O-])CCC1.CC(C)[N+]1=C([O-])CCC1.CC(C)[N+]1=C([O-])CCC1.CC(C)[N+]1=C([O-])CCC1.O=[N+]([O-])[O-].O=[N+]([O-])[O-].O=[N+]([O-])[O-].O=[N+]([O-])[O-].[O-2].[O-2].[O-2].[O-2].[U].[U]. The van der Waals surface area contributed by atoms with Gasteiger partial charge in [0, 0.05) is 114 Å². The average molecular weight is 1300 g/mol. The van der Waals surface area contributed by atoms with Crippen LogP contribution >= 0.6 is 0 Å². The maximum absolute atomic E-state index is 10.9. The van der Waals surface area contributed by atoms with Crippen LogP contribution in [0.2, 0.25) is 0 Å². The second kappa shape index (κ2) is 46.3. The molecule has 0 saturated carbocycles. The van der Waals surface area contributed by atoms with E-state index in [0.29, 0.717) is 47.8 Å². The predicted molar refractivity (Wildman–Crippen MR) is 182 cm³/mol. The monoisotopic (exact) mass is 1300 g/mol. The second-order valence-corrected chi connectivity index (χ2v) is 12.0. The molecule has 0 aromatic heterocycles. The van der Waals surface area contributed by atoms with E-state index in [4.69, 9.17) is 61.3 Å². The number of hydrogen-bond acceptors (Lipinski definition) is 16. The minimum atomic E-state index is -1.75. The first-order valence-corrected chi connectivity index (χ1v) is 16.2. The molecule has 4 heterocycles. The van der Waals surface area contributed by atoms with E-state index in [-0.39, 0.29) is 84.1 Å². The Bertz CT molecular complexity index is 1040. The normalized spacial score (nSPS) is 14.0. The van der Waals surface area contributed by atoms with E-state index in [1.807, 2.05) is 18.3 Å². The molecule has 0 amide bonds. The van der Waals surface area contributed by atoms with Crippen LogP contribution < -0.4 is 20.4 Å². The summed E-state index contributed by atoms with van der Waals surface area (Å²) in [6, 6.07) is 1.61. The Morgan fingerprint density at radius 2 is 0.466 bits per heavy atom. The standard InChI is InChI=1S/4C7H13NO.4NO3.4O.2U/c4*1-6(2)8-5-3-4-7(8)9;4*2-1(3)4;;;;;;/h4*6H,3-5H2,1-2H3;;;;;;;;;;/q;;;;4*-1;4*-2;;.